The molecule has 0 aliphatic rings. The highest BCUT2D eigenvalue weighted by Gasteiger charge is 2.10. The van der Waals surface area contributed by atoms with Crippen LogP contribution in [0.1, 0.15) is 55.1 Å². The van der Waals surface area contributed by atoms with Crippen LogP contribution in [0.3, 0.4) is 0 Å². The lowest BCUT2D eigenvalue weighted by molar-refractivity contribution is -0.121. The first-order valence-corrected chi connectivity index (χ1v) is 9.93. The van der Waals surface area contributed by atoms with Gasteiger partial charge in [-0.15, -0.1) is 0 Å². The zero-order chi connectivity index (χ0) is 19.6. The molecule has 0 aliphatic carbocycles. The van der Waals surface area contributed by atoms with E-state index in [9.17, 15) is 14.4 Å². The van der Waals surface area contributed by atoms with Crippen LogP contribution in [0.25, 0.3) is 0 Å². The molecule has 1 aromatic heterocycles. The van der Waals surface area contributed by atoms with Crippen LogP contribution < -0.4 is 16.0 Å². The molecule has 2 rings (SSSR count). The van der Waals surface area contributed by atoms with Crippen molar-refractivity contribution in [3.8, 4) is 0 Å². The molecule has 1 aromatic carbocycles. The lowest BCUT2D eigenvalue weighted by Gasteiger charge is -2.15. The van der Waals surface area contributed by atoms with Crippen LogP contribution in [0.2, 0.25) is 0 Å². The molecule has 1 heterocycles. The van der Waals surface area contributed by atoms with Crippen molar-refractivity contribution < 1.29 is 14.4 Å². The van der Waals surface area contributed by atoms with Crippen LogP contribution in [0, 0.1) is 0 Å². The molecule has 0 saturated carbocycles. The SMILES string of the molecule is CCC(=O)Nc1ccc(C(C)NC(=O)CCCNC(=O)c2ccsc2)cc1. The minimum absolute atomic E-state index is 0.0322. The highest BCUT2D eigenvalue weighted by molar-refractivity contribution is 7.08. The van der Waals surface area contributed by atoms with Crippen molar-refractivity contribution in [1.29, 1.82) is 0 Å². The Balaban J connectivity index is 1.70. The molecule has 3 N–H and O–H groups in total. The number of carbonyl (C=O) groups excluding carboxylic acids is 3. The van der Waals surface area contributed by atoms with E-state index in [-0.39, 0.29) is 23.8 Å². The Hall–Kier alpha value is -2.67. The molecular weight excluding hydrogens is 362 g/mol. The number of anilines is 1. The summed E-state index contributed by atoms with van der Waals surface area (Å²) in [5.74, 6) is -0.203. The Labute approximate surface area is 163 Å². The van der Waals surface area contributed by atoms with Gasteiger partial charge in [-0.2, -0.15) is 11.3 Å². The summed E-state index contributed by atoms with van der Waals surface area (Å²) < 4.78 is 0. The molecular formula is C20H25N3O3S. The Morgan fingerprint density at radius 3 is 2.44 bits per heavy atom. The van der Waals surface area contributed by atoms with E-state index in [4.69, 9.17) is 0 Å². The molecule has 0 bridgehead atoms. The number of hydrogen-bond donors (Lipinski definition) is 3. The van der Waals surface area contributed by atoms with Crippen molar-refractivity contribution in [2.45, 2.75) is 39.2 Å². The summed E-state index contributed by atoms with van der Waals surface area (Å²) in [7, 11) is 0. The fraction of sp³-hybridized carbons (Fsp3) is 0.350. The lowest BCUT2D eigenvalue weighted by atomic mass is 10.1. The Morgan fingerprint density at radius 1 is 1.07 bits per heavy atom. The van der Waals surface area contributed by atoms with Gasteiger partial charge in [0.25, 0.3) is 5.91 Å². The van der Waals surface area contributed by atoms with Gasteiger partial charge in [0.05, 0.1) is 6.04 Å². The van der Waals surface area contributed by atoms with Crippen LogP contribution >= 0.6 is 11.3 Å². The molecule has 0 fully saturated rings. The average molecular weight is 388 g/mol. The number of thiophene rings is 1. The van der Waals surface area contributed by atoms with E-state index in [0.29, 0.717) is 31.4 Å². The molecule has 7 heteroatoms. The monoisotopic (exact) mass is 387 g/mol. The Bertz CT molecular complexity index is 757. The van der Waals surface area contributed by atoms with Crippen LogP contribution in [-0.4, -0.2) is 24.3 Å². The lowest BCUT2D eigenvalue weighted by Crippen LogP contribution is -2.28. The maximum Gasteiger partial charge on any atom is 0.252 e. The molecule has 0 saturated heterocycles. The number of hydrogen-bond acceptors (Lipinski definition) is 4. The Kier molecular flexibility index (Phi) is 8.00. The summed E-state index contributed by atoms with van der Waals surface area (Å²) in [5.41, 5.74) is 2.35. The van der Waals surface area contributed by atoms with Crippen LogP contribution in [0.5, 0.6) is 0 Å². The molecule has 1 atom stereocenters. The van der Waals surface area contributed by atoms with Crippen LogP contribution in [0.15, 0.2) is 41.1 Å². The second-order valence-electron chi connectivity index (χ2n) is 6.18. The topological polar surface area (TPSA) is 87.3 Å². The molecule has 2 aromatic rings. The summed E-state index contributed by atoms with van der Waals surface area (Å²) in [6.45, 7) is 4.17. The first kappa shape index (κ1) is 20.6. The first-order chi connectivity index (χ1) is 13.0. The summed E-state index contributed by atoms with van der Waals surface area (Å²) in [6, 6.07) is 9.06. The van der Waals surface area contributed by atoms with E-state index in [0.717, 1.165) is 11.3 Å². The molecule has 6 nitrogen and oxygen atoms in total. The van der Waals surface area contributed by atoms with E-state index in [2.05, 4.69) is 16.0 Å². The van der Waals surface area contributed by atoms with Gasteiger partial charge in [-0.25, -0.2) is 0 Å². The maximum absolute atomic E-state index is 12.1. The van der Waals surface area contributed by atoms with Crippen LogP contribution in [0.4, 0.5) is 5.69 Å². The highest BCUT2D eigenvalue weighted by Crippen LogP contribution is 2.16. The van der Waals surface area contributed by atoms with Gasteiger partial charge in [0.15, 0.2) is 0 Å². The summed E-state index contributed by atoms with van der Waals surface area (Å²) in [5, 5.41) is 12.2. The molecule has 0 aliphatic heterocycles. The zero-order valence-electron chi connectivity index (χ0n) is 15.6. The third-order valence-corrected chi connectivity index (χ3v) is 4.73. The number of amides is 3. The van der Waals surface area contributed by atoms with E-state index >= 15 is 0 Å². The molecule has 1 unspecified atom stereocenters. The Morgan fingerprint density at radius 2 is 1.81 bits per heavy atom. The summed E-state index contributed by atoms with van der Waals surface area (Å²) in [6.07, 6.45) is 1.36. The number of nitrogens with one attached hydrogen (secondary N) is 3. The normalized spacial score (nSPS) is 11.5. The van der Waals surface area contributed by atoms with E-state index in [1.54, 1.807) is 18.4 Å². The van der Waals surface area contributed by atoms with Gasteiger partial charge in [0.2, 0.25) is 11.8 Å². The zero-order valence-corrected chi connectivity index (χ0v) is 16.4. The van der Waals surface area contributed by atoms with E-state index in [1.807, 2.05) is 36.6 Å². The van der Waals surface area contributed by atoms with Gasteiger partial charge >= 0.3 is 0 Å². The second-order valence-corrected chi connectivity index (χ2v) is 6.96. The standard InChI is InChI=1S/C20H25N3O3S/c1-3-18(24)23-17-8-6-15(7-9-17)14(2)22-19(25)5-4-11-21-20(26)16-10-12-27-13-16/h6-10,12-14H,3-5,11H2,1-2H3,(H,21,26)(H,22,25)(H,23,24). The van der Waals surface area contributed by atoms with Crippen molar-refractivity contribution in [2.24, 2.45) is 0 Å². The number of rotatable bonds is 9. The minimum Gasteiger partial charge on any atom is -0.352 e. The molecule has 3 amide bonds. The van der Waals surface area contributed by atoms with Gasteiger partial charge in [-0.3, -0.25) is 14.4 Å². The molecule has 0 radical (unpaired) electrons. The third-order valence-electron chi connectivity index (χ3n) is 4.04. The maximum atomic E-state index is 12.1. The van der Waals surface area contributed by atoms with Gasteiger partial charge in [-0.05, 0) is 42.5 Å². The number of benzene rings is 1. The fourth-order valence-corrected chi connectivity index (χ4v) is 3.08. The summed E-state index contributed by atoms with van der Waals surface area (Å²) >= 11 is 1.48. The average Bonchev–Trinajstić information content (AvgIpc) is 3.20. The number of carbonyl (C=O) groups is 3. The van der Waals surface area contributed by atoms with Gasteiger partial charge < -0.3 is 16.0 Å². The minimum atomic E-state index is -0.131. The molecule has 144 valence electrons. The first-order valence-electron chi connectivity index (χ1n) is 8.99. The van der Waals surface area contributed by atoms with Gasteiger partial charge in [-0.1, -0.05) is 19.1 Å². The molecule has 0 spiro atoms. The van der Waals surface area contributed by atoms with Crippen molar-refractivity contribution in [2.75, 3.05) is 11.9 Å². The van der Waals surface area contributed by atoms with Gasteiger partial charge in [0.1, 0.15) is 0 Å². The van der Waals surface area contributed by atoms with Crippen molar-refractivity contribution in [3.63, 3.8) is 0 Å². The quantitative estimate of drug-likeness (QED) is 0.576. The van der Waals surface area contributed by atoms with Crippen molar-refractivity contribution in [3.05, 3.63) is 52.2 Å². The smallest absolute Gasteiger partial charge is 0.252 e. The van der Waals surface area contributed by atoms with Crippen molar-refractivity contribution >= 4 is 34.7 Å². The highest BCUT2D eigenvalue weighted by atomic mass is 32.1. The third kappa shape index (κ3) is 6.86. The second kappa shape index (κ2) is 10.5. The van der Waals surface area contributed by atoms with Crippen molar-refractivity contribution in [1.82, 2.24) is 10.6 Å². The predicted molar refractivity (Wildman–Crippen MR) is 108 cm³/mol. The fourth-order valence-electron chi connectivity index (χ4n) is 2.45. The summed E-state index contributed by atoms with van der Waals surface area (Å²) in [4.78, 5) is 35.3. The molecule has 27 heavy (non-hydrogen) atoms. The van der Waals surface area contributed by atoms with Gasteiger partial charge in [0, 0.05) is 36.0 Å². The largest absolute Gasteiger partial charge is 0.352 e. The van der Waals surface area contributed by atoms with E-state index < -0.39 is 0 Å². The van der Waals surface area contributed by atoms with Crippen LogP contribution in [-0.2, 0) is 9.59 Å². The van der Waals surface area contributed by atoms with E-state index in [1.165, 1.54) is 11.3 Å². The predicted octanol–water partition coefficient (Wildman–Crippen LogP) is 3.48.